The molecule has 2 aromatic carbocycles. The fraction of sp³-hybridized carbons (Fsp3) is 0.208. The number of para-hydroxylation sites is 2. The van der Waals surface area contributed by atoms with Crippen molar-refractivity contribution in [3.63, 3.8) is 0 Å². The number of anilines is 1. The third-order valence-electron chi connectivity index (χ3n) is 5.83. The van der Waals surface area contributed by atoms with Crippen molar-refractivity contribution in [2.75, 3.05) is 11.2 Å². The third kappa shape index (κ3) is 3.43. The van der Waals surface area contributed by atoms with Gasteiger partial charge in [-0.3, -0.25) is 14.6 Å². The lowest BCUT2D eigenvalue weighted by Crippen LogP contribution is -2.61. The van der Waals surface area contributed by atoms with E-state index in [-0.39, 0.29) is 17.9 Å². The van der Waals surface area contributed by atoms with Crippen LogP contribution in [0.4, 0.5) is 5.69 Å². The fourth-order valence-corrected chi connectivity index (χ4v) is 5.04. The zero-order chi connectivity index (χ0) is 24.0. The number of halogens is 1. The minimum atomic E-state index is -0.782. The zero-order valence-corrected chi connectivity index (χ0v) is 20.4. The van der Waals surface area contributed by atoms with E-state index in [4.69, 9.17) is 16.7 Å². The van der Waals surface area contributed by atoms with Gasteiger partial charge in [-0.2, -0.15) is 5.10 Å². The van der Waals surface area contributed by atoms with Gasteiger partial charge in [0.1, 0.15) is 10.7 Å². The molecule has 0 aliphatic carbocycles. The molecule has 10 heteroatoms. The summed E-state index contributed by atoms with van der Waals surface area (Å²) >= 11 is 8.26. The summed E-state index contributed by atoms with van der Waals surface area (Å²) in [4.78, 5) is 31.1. The zero-order valence-electron chi connectivity index (χ0n) is 18.8. The quantitative estimate of drug-likeness (QED) is 0.344. The Bertz CT molecular complexity index is 1470. The first kappa shape index (κ1) is 22.4. The average Bonchev–Trinajstić information content (AvgIpc) is 3.16. The normalized spacial score (nSPS) is 14.6. The van der Waals surface area contributed by atoms with Gasteiger partial charge in [0.25, 0.3) is 6.17 Å². The SMILES string of the molecule is CCC(=O)N1c2ccccc2-c2c(=O)[nH]c(SC)n[n+]2C1c1c(C)nn(-c2ccccc2)c1Cl. The molecule has 1 aliphatic rings. The molecule has 0 radical (unpaired) electrons. The van der Waals surface area contributed by atoms with Crippen LogP contribution < -0.4 is 15.1 Å². The minimum absolute atomic E-state index is 0.119. The standard InChI is InChI=1S/C24H21ClN6O2S/c1-4-18(32)29-17-13-9-8-12-16(17)20-22(33)26-24(34-3)28-31(20)23(29)19-14(2)27-30(21(19)25)15-10-6-5-7-11-15/h5-13,23H,4H2,1-3H3/p+1. The number of H-pyrrole nitrogens is 1. The van der Waals surface area contributed by atoms with Crippen LogP contribution in [0, 0.1) is 6.92 Å². The number of rotatable bonds is 4. The number of hydrogen-bond acceptors (Lipinski definition) is 5. The van der Waals surface area contributed by atoms with E-state index in [0.29, 0.717) is 38.5 Å². The predicted molar refractivity (Wildman–Crippen MR) is 131 cm³/mol. The number of aromatic amines is 1. The summed E-state index contributed by atoms with van der Waals surface area (Å²) in [7, 11) is 0. The summed E-state index contributed by atoms with van der Waals surface area (Å²) in [6.45, 7) is 3.65. The summed E-state index contributed by atoms with van der Waals surface area (Å²) < 4.78 is 3.25. The van der Waals surface area contributed by atoms with Crippen molar-refractivity contribution in [2.45, 2.75) is 31.6 Å². The van der Waals surface area contributed by atoms with Crippen LogP contribution in [0.25, 0.3) is 16.9 Å². The number of benzene rings is 2. The van der Waals surface area contributed by atoms with E-state index in [9.17, 15) is 9.59 Å². The predicted octanol–water partition coefficient (Wildman–Crippen LogP) is 3.90. The third-order valence-corrected chi connectivity index (χ3v) is 6.76. The Balaban J connectivity index is 1.85. The van der Waals surface area contributed by atoms with Gasteiger partial charge in [-0.25, -0.2) is 9.58 Å². The number of nitrogens with zero attached hydrogens (tertiary/aromatic N) is 5. The number of carbonyl (C=O) groups is 1. The van der Waals surface area contributed by atoms with Crippen molar-refractivity contribution in [1.82, 2.24) is 19.9 Å². The Morgan fingerprint density at radius 2 is 1.88 bits per heavy atom. The molecular weight excluding hydrogens is 472 g/mol. The lowest BCUT2D eigenvalue weighted by molar-refractivity contribution is -0.763. The monoisotopic (exact) mass is 493 g/mol. The maximum atomic E-state index is 13.4. The van der Waals surface area contributed by atoms with Crippen LogP contribution in [0.1, 0.15) is 30.8 Å². The second-order valence-electron chi connectivity index (χ2n) is 7.80. The van der Waals surface area contributed by atoms with Gasteiger partial charge in [0, 0.05) is 11.5 Å². The van der Waals surface area contributed by atoms with Crippen LogP contribution in [0.2, 0.25) is 5.15 Å². The first-order valence-electron chi connectivity index (χ1n) is 10.8. The smallest absolute Gasteiger partial charge is 0.291 e. The first-order valence-corrected chi connectivity index (χ1v) is 12.4. The van der Waals surface area contributed by atoms with Crippen molar-refractivity contribution in [1.29, 1.82) is 0 Å². The molecule has 172 valence electrons. The van der Waals surface area contributed by atoms with Crippen LogP contribution in [0.15, 0.2) is 64.5 Å². The van der Waals surface area contributed by atoms with E-state index in [1.807, 2.05) is 74.7 Å². The van der Waals surface area contributed by atoms with Gasteiger partial charge < -0.3 is 0 Å². The summed E-state index contributed by atoms with van der Waals surface area (Å²) in [5.74, 6) is -0.119. The number of aromatic nitrogens is 5. The Morgan fingerprint density at radius 3 is 2.59 bits per heavy atom. The van der Waals surface area contributed by atoms with Gasteiger partial charge in [0.2, 0.25) is 11.1 Å². The number of hydrogen-bond donors (Lipinski definition) is 1. The van der Waals surface area contributed by atoms with Crippen LogP contribution in [-0.2, 0) is 4.79 Å². The lowest BCUT2D eigenvalue weighted by atomic mass is 10.0. The second-order valence-corrected chi connectivity index (χ2v) is 8.95. The highest BCUT2D eigenvalue weighted by Gasteiger charge is 2.48. The molecule has 0 fully saturated rings. The van der Waals surface area contributed by atoms with Gasteiger partial charge in [0.05, 0.1) is 22.6 Å². The molecule has 0 saturated heterocycles. The summed E-state index contributed by atoms with van der Waals surface area (Å²) in [6.07, 6.45) is 1.32. The molecule has 0 saturated carbocycles. The van der Waals surface area contributed by atoms with Crippen molar-refractivity contribution in [2.24, 2.45) is 0 Å². The molecule has 4 aromatic rings. The summed E-state index contributed by atoms with van der Waals surface area (Å²) in [5, 5.41) is 10.2. The van der Waals surface area contributed by atoms with Crippen molar-refractivity contribution in [3.05, 3.63) is 81.4 Å². The molecule has 1 amide bonds. The van der Waals surface area contributed by atoms with Crippen LogP contribution >= 0.6 is 23.4 Å². The molecule has 1 aliphatic heterocycles. The summed E-state index contributed by atoms with van der Waals surface area (Å²) in [5.41, 5.74) is 3.38. The molecule has 8 nitrogen and oxygen atoms in total. The highest BCUT2D eigenvalue weighted by molar-refractivity contribution is 7.98. The van der Waals surface area contributed by atoms with Crippen LogP contribution in [-0.4, -0.2) is 32.0 Å². The molecule has 0 spiro atoms. The Kier molecular flexibility index (Phi) is 5.75. The fourth-order valence-electron chi connectivity index (χ4n) is 4.31. The van der Waals surface area contributed by atoms with E-state index in [2.05, 4.69) is 10.1 Å². The molecule has 2 aromatic heterocycles. The van der Waals surface area contributed by atoms with Gasteiger partial charge in [-0.1, -0.05) is 60.6 Å². The highest BCUT2D eigenvalue weighted by atomic mass is 35.5. The minimum Gasteiger partial charge on any atom is -0.291 e. The lowest BCUT2D eigenvalue weighted by Gasteiger charge is -2.31. The van der Waals surface area contributed by atoms with E-state index >= 15 is 0 Å². The largest absolute Gasteiger partial charge is 0.325 e. The van der Waals surface area contributed by atoms with Crippen LogP contribution in [0.5, 0.6) is 0 Å². The second kappa shape index (κ2) is 8.73. The maximum absolute atomic E-state index is 13.4. The molecule has 0 bridgehead atoms. The number of aryl methyl sites for hydroxylation is 1. The van der Waals surface area contributed by atoms with Gasteiger partial charge in [-0.15, -0.1) is 0 Å². The summed E-state index contributed by atoms with van der Waals surface area (Å²) in [6, 6.07) is 16.9. The number of carbonyl (C=O) groups excluding carboxylic acids is 1. The average molecular weight is 494 g/mol. The Labute approximate surface area is 205 Å². The number of nitrogens with one attached hydrogen (secondary N) is 1. The maximum Gasteiger partial charge on any atom is 0.325 e. The van der Waals surface area contributed by atoms with E-state index < -0.39 is 6.17 Å². The molecule has 1 atom stereocenters. The molecule has 3 heterocycles. The number of fused-ring (bicyclic) bond motifs is 3. The van der Waals surface area contributed by atoms with Gasteiger partial charge >= 0.3 is 11.3 Å². The molecule has 1 N–H and O–H groups in total. The Hall–Kier alpha value is -3.43. The topological polar surface area (TPSA) is 87.8 Å². The van der Waals surface area contributed by atoms with Crippen molar-refractivity contribution < 1.29 is 9.48 Å². The number of thioether (sulfide) groups is 1. The molecule has 34 heavy (non-hydrogen) atoms. The Morgan fingerprint density at radius 1 is 1.18 bits per heavy atom. The van der Waals surface area contributed by atoms with Crippen LogP contribution in [0.3, 0.4) is 0 Å². The molecule has 5 rings (SSSR count). The van der Waals surface area contributed by atoms with Crippen molar-refractivity contribution >= 4 is 35.0 Å². The molecule has 1 unspecified atom stereocenters. The van der Waals surface area contributed by atoms with Gasteiger partial charge in [0.15, 0.2) is 0 Å². The van der Waals surface area contributed by atoms with Crippen molar-refractivity contribution in [3.8, 4) is 16.9 Å². The van der Waals surface area contributed by atoms with E-state index in [0.717, 1.165) is 5.69 Å². The van der Waals surface area contributed by atoms with Gasteiger partial charge in [-0.05, 0) is 42.1 Å². The highest BCUT2D eigenvalue weighted by Crippen LogP contribution is 2.40. The van der Waals surface area contributed by atoms with E-state index in [1.165, 1.54) is 11.8 Å². The number of amides is 1. The van der Waals surface area contributed by atoms with E-state index in [1.54, 1.807) is 14.3 Å². The molecular formula is C24H22ClN6O2S+. The first-order chi connectivity index (χ1) is 16.5.